The van der Waals surface area contributed by atoms with Crippen LogP contribution in [0.2, 0.25) is 10.0 Å². The Labute approximate surface area is 215 Å². The molecule has 2 atom stereocenters. The van der Waals surface area contributed by atoms with Gasteiger partial charge in [-0.1, -0.05) is 41.4 Å². The number of carbonyl (C=O) groups excluding carboxylic acids is 2. The van der Waals surface area contributed by atoms with Crippen molar-refractivity contribution < 1.29 is 22.8 Å². The lowest BCUT2D eigenvalue weighted by Crippen LogP contribution is -2.54. The number of aromatic nitrogens is 1. The van der Waals surface area contributed by atoms with Crippen LogP contribution in [0.5, 0.6) is 0 Å². The zero-order valence-electron chi connectivity index (χ0n) is 19.2. The van der Waals surface area contributed by atoms with Crippen molar-refractivity contribution in [3.05, 3.63) is 98.8 Å². The number of rotatable bonds is 5. The number of nitrogens with one attached hydrogen (secondary N) is 2. The van der Waals surface area contributed by atoms with Crippen molar-refractivity contribution in [2.75, 3.05) is 7.05 Å². The monoisotopic (exact) mass is 536 g/mol. The van der Waals surface area contributed by atoms with Crippen molar-refractivity contribution in [1.82, 2.24) is 20.5 Å². The number of carbonyl (C=O) groups is 2. The summed E-state index contributed by atoms with van der Waals surface area (Å²) in [5.41, 5.74) is -1.53. The fourth-order valence-electron chi connectivity index (χ4n) is 4.54. The number of pyridine rings is 1. The van der Waals surface area contributed by atoms with Crippen LogP contribution < -0.4 is 10.6 Å². The number of amides is 3. The van der Waals surface area contributed by atoms with Gasteiger partial charge in [-0.2, -0.15) is 13.2 Å². The van der Waals surface area contributed by atoms with Gasteiger partial charge in [0.05, 0.1) is 18.3 Å². The molecule has 0 saturated carbocycles. The molecule has 2 N–H and O–H groups in total. The molecule has 188 valence electrons. The third-order valence-electron chi connectivity index (χ3n) is 6.24. The van der Waals surface area contributed by atoms with Crippen LogP contribution in [0.15, 0.2) is 60.8 Å². The van der Waals surface area contributed by atoms with Gasteiger partial charge in [0.25, 0.3) is 5.91 Å². The highest BCUT2D eigenvalue weighted by Gasteiger charge is 2.68. The smallest absolute Gasteiger partial charge is 0.346 e. The highest BCUT2D eigenvalue weighted by Crippen LogP contribution is 2.55. The minimum atomic E-state index is -4.91. The summed E-state index contributed by atoms with van der Waals surface area (Å²) in [5, 5.41) is 5.21. The van der Waals surface area contributed by atoms with E-state index in [-0.39, 0.29) is 33.3 Å². The summed E-state index contributed by atoms with van der Waals surface area (Å²) in [5.74, 6) is -0.402. The highest BCUT2D eigenvalue weighted by atomic mass is 35.5. The minimum Gasteiger partial charge on any atom is -0.346 e. The molecule has 0 radical (unpaired) electrons. The first-order valence-corrected chi connectivity index (χ1v) is 11.6. The van der Waals surface area contributed by atoms with Crippen LogP contribution in [0.3, 0.4) is 0 Å². The summed E-state index contributed by atoms with van der Waals surface area (Å²) in [6.45, 7) is 1.81. The van der Waals surface area contributed by atoms with Gasteiger partial charge >= 0.3 is 12.2 Å². The fraction of sp³-hybridized carbons (Fsp3) is 0.240. The second-order valence-corrected chi connectivity index (χ2v) is 9.31. The van der Waals surface area contributed by atoms with E-state index in [2.05, 4.69) is 15.6 Å². The molecule has 4 rings (SSSR count). The predicted octanol–water partition coefficient (Wildman–Crippen LogP) is 5.78. The number of likely N-dealkylation sites (N-methyl/N-ethyl adjacent to an activating group) is 1. The van der Waals surface area contributed by atoms with E-state index in [0.717, 1.165) is 19.2 Å². The largest absolute Gasteiger partial charge is 0.418 e. The number of aryl methyl sites for hydroxylation is 1. The molecule has 6 nitrogen and oxygen atoms in total. The van der Waals surface area contributed by atoms with Crippen LogP contribution in [0, 0.1) is 6.92 Å². The van der Waals surface area contributed by atoms with E-state index in [1.165, 1.54) is 24.3 Å². The Morgan fingerprint density at radius 3 is 2.42 bits per heavy atom. The highest BCUT2D eigenvalue weighted by molar-refractivity contribution is 6.34. The summed E-state index contributed by atoms with van der Waals surface area (Å²) in [7, 11) is 1.07. The topological polar surface area (TPSA) is 74.3 Å². The quantitative estimate of drug-likeness (QED) is 0.434. The van der Waals surface area contributed by atoms with Crippen molar-refractivity contribution in [1.29, 1.82) is 0 Å². The summed E-state index contributed by atoms with van der Waals surface area (Å²) >= 11 is 12.1. The summed E-state index contributed by atoms with van der Waals surface area (Å²) < 4.78 is 44.7. The maximum atomic E-state index is 14.9. The molecule has 1 fully saturated rings. The molecular formula is C25H21Cl2F3N4O2. The van der Waals surface area contributed by atoms with Gasteiger partial charge in [0.15, 0.2) is 5.54 Å². The Morgan fingerprint density at radius 1 is 1.14 bits per heavy atom. The lowest BCUT2D eigenvalue weighted by atomic mass is 9.78. The van der Waals surface area contributed by atoms with Crippen LogP contribution in [0.25, 0.3) is 0 Å². The molecule has 2 heterocycles. The Morgan fingerprint density at radius 2 is 1.83 bits per heavy atom. The number of halogens is 5. The Bertz CT molecular complexity index is 1300. The minimum absolute atomic E-state index is 0.00345. The first-order chi connectivity index (χ1) is 16.9. The van der Waals surface area contributed by atoms with Gasteiger partial charge in [0, 0.05) is 28.9 Å². The number of hydrogen-bond acceptors (Lipinski definition) is 3. The van der Waals surface area contributed by atoms with Crippen molar-refractivity contribution in [3.63, 3.8) is 0 Å². The molecule has 1 aromatic heterocycles. The van der Waals surface area contributed by atoms with E-state index in [1.54, 1.807) is 31.3 Å². The molecule has 3 amide bonds. The van der Waals surface area contributed by atoms with Gasteiger partial charge in [-0.3, -0.25) is 9.78 Å². The molecular weight excluding hydrogens is 516 g/mol. The van der Waals surface area contributed by atoms with Gasteiger partial charge in [-0.15, -0.1) is 0 Å². The lowest BCUT2D eigenvalue weighted by molar-refractivity contribution is -0.226. The van der Waals surface area contributed by atoms with Crippen LogP contribution >= 0.6 is 23.2 Å². The second kappa shape index (κ2) is 9.63. The summed E-state index contributed by atoms with van der Waals surface area (Å²) in [6, 6.07) is 10.8. The van der Waals surface area contributed by atoms with Crippen molar-refractivity contribution >= 4 is 35.1 Å². The standard InChI is InChI=1S/C25H21Cl2F3N4O2/c1-14-9-15(6-7-20(14)22(35)32-13-19-5-3-4-8-31-19)21-24(25(28,29)30,34(2)23(36)33-21)16-10-17(26)12-18(27)11-16/h3-12,21H,13H2,1-2H3,(H,32,35)(H,33,36). The van der Waals surface area contributed by atoms with Gasteiger partial charge < -0.3 is 15.5 Å². The Hall–Kier alpha value is -3.30. The van der Waals surface area contributed by atoms with E-state index in [0.29, 0.717) is 16.2 Å². The van der Waals surface area contributed by atoms with Gasteiger partial charge in [0.1, 0.15) is 0 Å². The van der Waals surface area contributed by atoms with Crippen molar-refractivity contribution in [2.24, 2.45) is 0 Å². The number of hydrogen-bond donors (Lipinski definition) is 2. The Balaban J connectivity index is 1.74. The third-order valence-corrected chi connectivity index (χ3v) is 6.68. The zero-order valence-corrected chi connectivity index (χ0v) is 20.7. The lowest BCUT2D eigenvalue weighted by Gasteiger charge is -2.41. The summed E-state index contributed by atoms with van der Waals surface area (Å²) in [6.07, 6.45) is -3.30. The molecule has 0 spiro atoms. The average Bonchev–Trinajstić information content (AvgIpc) is 3.09. The summed E-state index contributed by atoms with van der Waals surface area (Å²) in [4.78, 5) is 30.1. The van der Waals surface area contributed by atoms with Crippen LogP contribution in [0.1, 0.15) is 38.8 Å². The molecule has 36 heavy (non-hydrogen) atoms. The molecule has 11 heteroatoms. The van der Waals surface area contributed by atoms with E-state index >= 15 is 0 Å². The van der Waals surface area contributed by atoms with Gasteiger partial charge in [-0.25, -0.2) is 4.79 Å². The Kier molecular flexibility index (Phi) is 6.90. The van der Waals surface area contributed by atoms with Gasteiger partial charge in [0.2, 0.25) is 0 Å². The first-order valence-electron chi connectivity index (χ1n) is 10.8. The number of nitrogens with zero attached hydrogens (tertiary/aromatic N) is 2. The maximum absolute atomic E-state index is 14.9. The number of benzene rings is 2. The number of urea groups is 1. The SMILES string of the molecule is Cc1cc(C2NC(=O)N(C)C2(c2cc(Cl)cc(Cl)c2)C(F)(F)F)ccc1C(=O)NCc1ccccn1. The van der Waals surface area contributed by atoms with Crippen LogP contribution in [-0.4, -0.2) is 35.0 Å². The predicted molar refractivity (Wildman–Crippen MR) is 130 cm³/mol. The third kappa shape index (κ3) is 4.49. The molecule has 2 unspecified atom stereocenters. The molecule has 0 aliphatic carbocycles. The van der Waals surface area contributed by atoms with Crippen molar-refractivity contribution in [3.8, 4) is 0 Å². The zero-order chi connectivity index (χ0) is 26.3. The van der Waals surface area contributed by atoms with E-state index in [4.69, 9.17) is 23.2 Å². The average molecular weight is 537 g/mol. The molecule has 0 bridgehead atoms. The normalized spacial score (nSPS) is 19.8. The van der Waals surface area contributed by atoms with Crippen molar-refractivity contribution in [2.45, 2.75) is 31.2 Å². The molecule has 1 aliphatic rings. The number of alkyl halides is 3. The molecule has 3 aromatic rings. The molecule has 2 aromatic carbocycles. The fourth-order valence-corrected chi connectivity index (χ4v) is 5.07. The molecule has 1 aliphatic heterocycles. The first kappa shape index (κ1) is 25.8. The van der Waals surface area contributed by atoms with Crippen LogP contribution in [-0.2, 0) is 12.1 Å². The second-order valence-electron chi connectivity index (χ2n) is 8.44. The van der Waals surface area contributed by atoms with E-state index < -0.39 is 29.7 Å². The van der Waals surface area contributed by atoms with Crippen LogP contribution in [0.4, 0.5) is 18.0 Å². The van der Waals surface area contributed by atoms with E-state index in [9.17, 15) is 22.8 Å². The van der Waals surface area contributed by atoms with E-state index in [1.807, 2.05) is 0 Å². The molecule has 1 saturated heterocycles. The maximum Gasteiger partial charge on any atom is 0.418 e. The van der Waals surface area contributed by atoms with Gasteiger partial charge in [-0.05, 0) is 60.0 Å².